The Balaban J connectivity index is 2.71. The number of carboxylic acids is 1. The number of nitrogens with one attached hydrogen (secondary N) is 1. The van der Waals surface area contributed by atoms with E-state index in [1.165, 1.54) is 0 Å². The van der Waals surface area contributed by atoms with Crippen LogP contribution in [-0.2, 0) is 4.79 Å². The quantitative estimate of drug-likeness (QED) is 0.867. The number of halogens is 1. The topological polar surface area (TPSA) is 73.1 Å². The van der Waals surface area contributed by atoms with Crippen LogP contribution in [0.1, 0.15) is 32.8 Å². The Morgan fingerprint density at radius 2 is 2.15 bits per heavy atom. The highest BCUT2D eigenvalue weighted by molar-refractivity contribution is 6.32. The maximum atomic E-state index is 11.3. The normalized spacial score (nSPS) is 12.6. The molecule has 4 nitrogen and oxygen atoms in total. The zero-order chi connectivity index (χ0) is 15.3. The molecular formula is C15H19ClN2O2. The molecule has 1 aromatic rings. The van der Waals surface area contributed by atoms with Crippen LogP contribution in [0, 0.1) is 22.7 Å². The summed E-state index contributed by atoms with van der Waals surface area (Å²) in [6.07, 6.45) is 0.583. The van der Waals surface area contributed by atoms with E-state index in [9.17, 15) is 9.90 Å². The molecule has 0 amide bonds. The van der Waals surface area contributed by atoms with Crippen molar-refractivity contribution in [1.82, 2.24) is 0 Å². The van der Waals surface area contributed by atoms with E-state index in [1.807, 2.05) is 26.8 Å². The van der Waals surface area contributed by atoms with Crippen LogP contribution in [0.3, 0.4) is 0 Å². The summed E-state index contributed by atoms with van der Waals surface area (Å²) in [5.41, 5.74) is 1.07. The third-order valence-corrected chi connectivity index (χ3v) is 3.16. The number of aliphatic carboxylic acids is 1. The van der Waals surface area contributed by atoms with Crippen molar-refractivity contribution in [3.05, 3.63) is 28.8 Å². The van der Waals surface area contributed by atoms with Crippen LogP contribution in [-0.4, -0.2) is 17.6 Å². The van der Waals surface area contributed by atoms with Crippen molar-refractivity contribution in [3.63, 3.8) is 0 Å². The minimum absolute atomic E-state index is 0.0486. The van der Waals surface area contributed by atoms with Gasteiger partial charge in [0.25, 0.3) is 0 Å². The summed E-state index contributed by atoms with van der Waals surface area (Å²) in [6.45, 7) is 6.37. The lowest BCUT2D eigenvalue weighted by atomic mass is 9.84. The summed E-state index contributed by atoms with van der Waals surface area (Å²) in [5.74, 6) is -1.28. The predicted octanol–water partition coefficient (Wildman–Crippen LogP) is 3.76. The van der Waals surface area contributed by atoms with Crippen molar-refractivity contribution in [2.45, 2.75) is 27.2 Å². The summed E-state index contributed by atoms with van der Waals surface area (Å²) in [4.78, 5) is 11.3. The van der Waals surface area contributed by atoms with Crippen molar-refractivity contribution < 1.29 is 9.90 Å². The van der Waals surface area contributed by atoms with Gasteiger partial charge in [-0.3, -0.25) is 4.79 Å². The van der Waals surface area contributed by atoms with Gasteiger partial charge in [0, 0.05) is 12.2 Å². The van der Waals surface area contributed by atoms with E-state index in [0.29, 0.717) is 29.2 Å². The van der Waals surface area contributed by atoms with Crippen LogP contribution in [0.5, 0.6) is 0 Å². The van der Waals surface area contributed by atoms with Crippen LogP contribution in [0.4, 0.5) is 5.69 Å². The van der Waals surface area contributed by atoms with Crippen molar-refractivity contribution in [3.8, 4) is 6.07 Å². The van der Waals surface area contributed by atoms with Gasteiger partial charge in [0.05, 0.1) is 16.5 Å². The van der Waals surface area contributed by atoms with E-state index in [2.05, 4.69) is 5.32 Å². The average Bonchev–Trinajstić information content (AvgIpc) is 2.33. The maximum Gasteiger partial charge on any atom is 0.308 e. The summed E-state index contributed by atoms with van der Waals surface area (Å²) in [6, 6.07) is 6.96. The first kappa shape index (κ1) is 16.3. The predicted molar refractivity (Wildman–Crippen MR) is 79.9 cm³/mol. The van der Waals surface area contributed by atoms with Gasteiger partial charge in [-0.1, -0.05) is 32.4 Å². The third-order valence-electron chi connectivity index (χ3n) is 2.85. The second-order valence-electron chi connectivity index (χ2n) is 5.99. The number of nitriles is 1. The van der Waals surface area contributed by atoms with E-state index < -0.39 is 11.9 Å². The Morgan fingerprint density at radius 3 is 2.60 bits per heavy atom. The first-order chi connectivity index (χ1) is 9.23. The average molecular weight is 295 g/mol. The van der Waals surface area contributed by atoms with E-state index in [-0.39, 0.29) is 5.41 Å². The second kappa shape index (κ2) is 6.62. The van der Waals surface area contributed by atoms with Gasteiger partial charge in [0.1, 0.15) is 6.07 Å². The summed E-state index contributed by atoms with van der Waals surface area (Å²) in [7, 11) is 0. The highest BCUT2D eigenvalue weighted by Gasteiger charge is 2.24. The molecule has 1 atom stereocenters. The molecule has 1 unspecified atom stereocenters. The zero-order valence-electron chi connectivity index (χ0n) is 11.9. The van der Waals surface area contributed by atoms with Gasteiger partial charge in [0.15, 0.2) is 0 Å². The van der Waals surface area contributed by atoms with Crippen molar-refractivity contribution >= 4 is 23.3 Å². The van der Waals surface area contributed by atoms with Gasteiger partial charge in [-0.2, -0.15) is 5.26 Å². The molecule has 0 aliphatic carbocycles. The summed E-state index contributed by atoms with van der Waals surface area (Å²) in [5, 5.41) is 21.5. The van der Waals surface area contributed by atoms with Gasteiger partial charge in [-0.25, -0.2) is 0 Å². The summed E-state index contributed by atoms with van der Waals surface area (Å²) >= 11 is 5.94. The fourth-order valence-corrected chi connectivity index (χ4v) is 2.17. The smallest absolute Gasteiger partial charge is 0.308 e. The lowest BCUT2D eigenvalue weighted by Gasteiger charge is -2.23. The largest absolute Gasteiger partial charge is 0.481 e. The van der Waals surface area contributed by atoms with Crippen LogP contribution >= 0.6 is 11.6 Å². The Kier molecular flexibility index (Phi) is 5.41. The monoisotopic (exact) mass is 294 g/mol. The standard InChI is InChI=1S/C15H19ClN2O2/c1-15(2,3)7-11(14(19)20)9-18-12-5-4-10(8-17)13(16)6-12/h4-6,11,18H,7,9H2,1-3H3,(H,19,20). The minimum Gasteiger partial charge on any atom is -0.481 e. The number of nitrogens with zero attached hydrogens (tertiary/aromatic N) is 1. The highest BCUT2D eigenvalue weighted by Crippen LogP contribution is 2.26. The molecule has 0 bridgehead atoms. The molecule has 0 radical (unpaired) electrons. The first-order valence-electron chi connectivity index (χ1n) is 6.39. The van der Waals surface area contributed by atoms with E-state index in [0.717, 1.165) is 0 Å². The maximum absolute atomic E-state index is 11.3. The van der Waals surface area contributed by atoms with Gasteiger partial charge in [0.2, 0.25) is 0 Å². The SMILES string of the molecule is CC(C)(C)CC(CNc1ccc(C#N)c(Cl)c1)C(=O)O. The van der Waals surface area contributed by atoms with E-state index >= 15 is 0 Å². The Hall–Kier alpha value is -1.73. The highest BCUT2D eigenvalue weighted by atomic mass is 35.5. The Labute approximate surface area is 124 Å². The lowest BCUT2D eigenvalue weighted by molar-refractivity contribution is -0.142. The van der Waals surface area contributed by atoms with Gasteiger partial charge in [-0.05, 0) is 30.0 Å². The molecule has 0 aliphatic heterocycles. The Bertz CT molecular complexity index is 530. The molecule has 0 fully saturated rings. The van der Waals surface area contributed by atoms with Crippen molar-refractivity contribution in [1.29, 1.82) is 5.26 Å². The summed E-state index contributed by atoms with van der Waals surface area (Å²) < 4.78 is 0. The number of anilines is 1. The first-order valence-corrected chi connectivity index (χ1v) is 6.77. The second-order valence-corrected chi connectivity index (χ2v) is 6.39. The lowest BCUT2D eigenvalue weighted by Crippen LogP contribution is -2.27. The molecule has 20 heavy (non-hydrogen) atoms. The van der Waals surface area contributed by atoms with Crippen molar-refractivity contribution in [2.24, 2.45) is 11.3 Å². The molecule has 5 heteroatoms. The van der Waals surface area contributed by atoms with Crippen LogP contribution in [0.2, 0.25) is 5.02 Å². The van der Waals surface area contributed by atoms with Crippen LogP contribution in [0.25, 0.3) is 0 Å². The number of rotatable bonds is 5. The molecule has 0 heterocycles. The third kappa shape index (κ3) is 5.10. The minimum atomic E-state index is -0.813. The molecule has 108 valence electrons. The van der Waals surface area contributed by atoms with Crippen molar-refractivity contribution in [2.75, 3.05) is 11.9 Å². The van der Waals surface area contributed by atoms with E-state index in [4.69, 9.17) is 16.9 Å². The molecule has 0 spiro atoms. The molecule has 1 aromatic carbocycles. The van der Waals surface area contributed by atoms with Gasteiger partial charge >= 0.3 is 5.97 Å². The number of benzene rings is 1. The molecule has 2 N–H and O–H groups in total. The Morgan fingerprint density at radius 1 is 1.50 bits per heavy atom. The molecule has 0 aliphatic rings. The molecule has 0 saturated heterocycles. The number of hydrogen-bond donors (Lipinski definition) is 2. The molecular weight excluding hydrogens is 276 g/mol. The molecule has 1 rings (SSSR count). The molecule has 0 saturated carbocycles. The fourth-order valence-electron chi connectivity index (χ4n) is 1.94. The van der Waals surface area contributed by atoms with Gasteiger partial charge < -0.3 is 10.4 Å². The number of carboxylic acid groups (broad SMARTS) is 1. The van der Waals surface area contributed by atoms with Crippen LogP contribution in [0.15, 0.2) is 18.2 Å². The van der Waals surface area contributed by atoms with Gasteiger partial charge in [-0.15, -0.1) is 0 Å². The number of carbonyl (C=O) groups is 1. The fraction of sp³-hybridized carbons (Fsp3) is 0.467. The molecule has 0 aromatic heterocycles. The van der Waals surface area contributed by atoms with E-state index in [1.54, 1.807) is 18.2 Å². The zero-order valence-corrected chi connectivity index (χ0v) is 12.7. The number of hydrogen-bond acceptors (Lipinski definition) is 3. The van der Waals surface area contributed by atoms with Crippen LogP contribution < -0.4 is 5.32 Å².